The SMILES string of the molecule is CS(=O)(=O)CCC(N)C(=O)Cc1ccc(Br)s1. The maximum Gasteiger partial charge on any atom is 0.154 e. The fraction of sp³-hybridized carbons (Fsp3) is 0.500. The Hall–Kier alpha value is -0.240. The molecule has 4 nitrogen and oxygen atoms in total. The Morgan fingerprint density at radius 3 is 2.65 bits per heavy atom. The lowest BCUT2D eigenvalue weighted by Crippen LogP contribution is -2.33. The van der Waals surface area contributed by atoms with E-state index in [-0.39, 0.29) is 24.4 Å². The third kappa shape index (κ3) is 5.76. The molecule has 1 heterocycles. The molecule has 0 bridgehead atoms. The van der Waals surface area contributed by atoms with Gasteiger partial charge in [-0.1, -0.05) is 0 Å². The van der Waals surface area contributed by atoms with Crippen LogP contribution in [0.1, 0.15) is 11.3 Å². The van der Waals surface area contributed by atoms with Gasteiger partial charge in [-0.3, -0.25) is 4.79 Å². The molecule has 0 aromatic carbocycles. The molecule has 2 N–H and O–H groups in total. The molecule has 1 aromatic heterocycles. The summed E-state index contributed by atoms with van der Waals surface area (Å²) in [6.45, 7) is 0. The van der Waals surface area contributed by atoms with Crippen molar-refractivity contribution in [2.75, 3.05) is 12.0 Å². The maximum absolute atomic E-state index is 11.7. The van der Waals surface area contributed by atoms with Crippen LogP contribution >= 0.6 is 27.3 Å². The van der Waals surface area contributed by atoms with E-state index in [4.69, 9.17) is 5.73 Å². The molecule has 0 saturated carbocycles. The topological polar surface area (TPSA) is 77.2 Å². The summed E-state index contributed by atoms with van der Waals surface area (Å²) in [5.41, 5.74) is 5.66. The van der Waals surface area contributed by atoms with Gasteiger partial charge in [0.25, 0.3) is 0 Å². The molecule has 0 aliphatic heterocycles. The smallest absolute Gasteiger partial charge is 0.154 e. The van der Waals surface area contributed by atoms with Gasteiger partial charge >= 0.3 is 0 Å². The van der Waals surface area contributed by atoms with Gasteiger partial charge in [-0.15, -0.1) is 11.3 Å². The number of halogens is 1. The van der Waals surface area contributed by atoms with Gasteiger partial charge in [0.2, 0.25) is 0 Å². The average molecular weight is 340 g/mol. The summed E-state index contributed by atoms with van der Waals surface area (Å²) in [6, 6.07) is 3.02. The lowest BCUT2D eigenvalue weighted by molar-refractivity contribution is -0.119. The Labute approximate surface area is 113 Å². The molecule has 0 aliphatic carbocycles. The van der Waals surface area contributed by atoms with Crippen LogP contribution in [0.15, 0.2) is 15.9 Å². The molecule has 17 heavy (non-hydrogen) atoms. The molecule has 96 valence electrons. The van der Waals surface area contributed by atoms with E-state index in [0.29, 0.717) is 0 Å². The highest BCUT2D eigenvalue weighted by Gasteiger charge is 2.16. The number of hydrogen-bond donors (Lipinski definition) is 1. The molecular weight excluding hydrogens is 326 g/mol. The van der Waals surface area contributed by atoms with Crippen molar-refractivity contribution in [3.05, 3.63) is 20.8 Å². The highest BCUT2D eigenvalue weighted by molar-refractivity contribution is 9.11. The van der Waals surface area contributed by atoms with Crippen LogP contribution < -0.4 is 5.73 Å². The number of carbonyl (C=O) groups excluding carboxylic acids is 1. The zero-order chi connectivity index (χ0) is 13.1. The van der Waals surface area contributed by atoms with E-state index in [2.05, 4.69) is 15.9 Å². The van der Waals surface area contributed by atoms with Gasteiger partial charge in [0.15, 0.2) is 5.78 Å². The summed E-state index contributed by atoms with van der Waals surface area (Å²) in [6.07, 6.45) is 1.59. The fourth-order valence-corrected chi connectivity index (χ4v) is 3.43. The van der Waals surface area contributed by atoms with Crippen LogP contribution in [0, 0.1) is 0 Å². The lowest BCUT2D eigenvalue weighted by atomic mass is 10.1. The van der Waals surface area contributed by atoms with Gasteiger partial charge in [0.05, 0.1) is 15.6 Å². The van der Waals surface area contributed by atoms with Gasteiger partial charge in [-0.05, 0) is 34.5 Å². The Morgan fingerprint density at radius 2 is 2.18 bits per heavy atom. The predicted octanol–water partition coefficient (Wildman–Crippen LogP) is 1.38. The molecule has 1 unspecified atom stereocenters. The number of carbonyl (C=O) groups is 1. The molecule has 0 radical (unpaired) electrons. The molecular formula is C10H14BrNO3S2. The van der Waals surface area contributed by atoms with Gasteiger partial charge in [-0.25, -0.2) is 8.42 Å². The number of ketones is 1. The van der Waals surface area contributed by atoms with Crippen molar-refractivity contribution in [1.29, 1.82) is 0 Å². The predicted molar refractivity (Wildman–Crippen MR) is 73.0 cm³/mol. The zero-order valence-electron chi connectivity index (χ0n) is 9.35. The van der Waals surface area contributed by atoms with E-state index in [1.165, 1.54) is 11.3 Å². The normalized spacial score (nSPS) is 13.6. The Morgan fingerprint density at radius 1 is 1.53 bits per heavy atom. The van der Waals surface area contributed by atoms with Gasteiger partial charge in [0, 0.05) is 17.6 Å². The molecule has 7 heteroatoms. The van der Waals surface area contributed by atoms with Crippen molar-refractivity contribution in [2.24, 2.45) is 5.73 Å². The first-order valence-corrected chi connectivity index (χ1v) is 8.65. The third-order valence-corrected chi connectivity index (χ3v) is 4.79. The van der Waals surface area contributed by atoms with E-state index in [1.54, 1.807) is 0 Å². The maximum atomic E-state index is 11.7. The number of Topliss-reactive ketones (excluding diaryl/α,β-unsaturated/α-hetero) is 1. The molecule has 0 amide bonds. The van der Waals surface area contributed by atoms with Crippen LogP contribution in [0.4, 0.5) is 0 Å². The number of nitrogens with two attached hydrogens (primary N) is 1. The first-order valence-electron chi connectivity index (χ1n) is 4.98. The van der Waals surface area contributed by atoms with E-state index < -0.39 is 15.9 Å². The number of rotatable bonds is 6. The number of sulfone groups is 1. The molecule has 0 spiro atoms. The van der Waals surface area contributed by atoms with Crippen LogP contribution in [-0.4, -0.2) is 32.3 Å². The molecule has 0 fully saturated rings. The highest BCUT2D eigenvalue weighted by atomic mass is 79.9. The van der Waals surface area contributed by atoms with E-state index in [1.807, 2.05) is 12.1 Å². The van der Waals surface area contributed by atoms with Crippen LogP contribution in [-0.2, 0) is 21.1 Å². The zero-order valence-corrected chi connectivity index (χ0v) is 12.6. The Bertz CT molecular complexity index is 495. The molecule has 1 aromatic rings. The Balaban J connectivity index is 2.47. The third-order valence-electron chi connectivity index (χ3n) is 2.19. The van der Waals surface area contributed by atoms with E-state index in [9.17, 15) is 13.2 Å². The molecule has 1 rings (SSSR count). The largest absolute Gasteiger partial charge is 0.321 e. The fourth-order valence-electron chi connectivity index (χ4n) is 1.25. The first-order chi connectivity index (χ1) is 7.78. The summed E-state index contributed by atoms with van der Waals surface area (Å²) in [4.78, 5) is 12.6. The minimum Gasteiger partial charge on any atom is -0.321 e. The summed E-state index contributed by atoms with van der Waals surface area (Å²) >= 11 is 4.79. The van der Waals surface area contributed by atoms with Crippen molar-refractivity contribution in [3.8, 4) is 0 Å². The second-order valence-corrected chi connectivity index (χ2v) is 8.68. The van der Waals surface area contributed by atoms with Crippen molar-refractivity contribution >= 4 is 42.9 Å². The minimum absolute atomic E-state index is 0.0476. The summed E-state index contributed by atoms with van der Waals surface area (Å²) in [5, 5.41) is 0. The van der Waals surface area contributed by atoms with Crippen LogP contribution in [0.25, 0.3) is 0 Å². The van der Waals surface area contributed by atoms with Crippen LogP contribution in [0.5, 0.6) is 0 Å². The minimum atomic E-state index is -3.06. The second-order valence-electron chi connectivity index (χ2n) is 3.87. The average Bonchev–Trinajstić information content (AvgIpc) is 2.59. The van der Waals surface area contributed by atoms with Gasteiger partial charge < -0.3 is 5.73 Å². The van der Waals surface area contributed by atoms with Crippen molar-refractivity contribution in [3.63, 3.8) is 0 Å². The van der Waals surface area contributed by atoms with E-state index in [0.717, 1.165) is 14.9 Å². The summed E-state index contributed by atoms with van der Waals surface area (Å²) < 4.78 is 22.9. The molecule has 0 saturated heterocycles. The second kappa shape index (κ2) is 6.08. The van der Waals surface area contributed by atoms with Crippen molar-refractivity contribution in [2.45, 2.75) is 18.9 Å². The number of hydrogen-bond acceptors (Lipinski definition) is 5. The monoisotopic (exact) mass is 339 g/mol. The standard InChI is InChI=1S/C10H14BrNO3S2/c1-17(14,15)5-4-8(12)9(13)6-7-2-3-10(11)16-7/h2-3,8H,4-6,12H2,1H3. The first kappa shape index (κ1) is 14.8. The van der Waals surface area contributed by atoms with Crippen LogP contribution in [0.2, 0.25) is 0 Å². The Kier molecular flexibility index (Phi) is 5.30. The summed E-state index contributed by atoms with van der Waals surface area (Å²) in [5.74, 6) is -0.170. The van der Waals surface area contributed by atoms with Crippen molar-refractivity contribution in [1.82, 2.24) is 0 Å². The van der Waals surface area contributed by atoms with Crippen LogP contribution in [0.3, 0.4) is 0 Å². The van der Waals surface area contributed by atoms with E-state index >= 15 is 0 Å². The van der Waals surface area contributed by atoms with Gasteiger partial charge in [0.1, 0.15) is 9.84 Å². The quantitative estimate of drug-likeness (QED) is 0.849. The number of thiophene rings is 1. The molecule has 1 atom stereocenters. The summed E-state index contributed by atoms with van der Waals surface area (Å²) in [7, 11) is -3.06. The highest BCUT2D eigenvalue weighted by Crippen LogP contribution is 2.22. The lowest BCUT2D eigenvalue weighted by Gasteiger charge is -2.08. The van der Waals surface area contributed by atoms with Crippen molar-refractivity contribution < 1.29 is 13.2 Å². The molecule has 0 aliphatic rings. The van der Waals surface area contributed by atoms with Gasteiger partial charge in [-0.2, -0.15) is 0 Å².